The second kappa shape index (κ2) is 12.3. The molecule has 1 aromatic carbocycles. The number of anilines is 1. The summed E-state index contributed by atoms with van der Waals surface area (Å²) in [6.45, 7) is 11.0. The van der Waals surface area contributed by atoms with Crippen LogP contribution >= 0.6 is 0 Å². The Kier molecular flexibility index (Phi) is 9.21. The summed E-state index contributed by atoms with van der Waals surface area (Å²) in [6, 6.07) is 9.96. The molecule has 2 heterocycles. The molecular formula is C27H37N7O3. The molecule has 2 aromatic heterocycles. The highest BCUT2D eigenvalue weighted by molar-refractivity contribution is 5.76. The van der Waals surface area contributed by atoms with Crippen molar-refractivity contribution in [3.8, 4) is 0 Å². The molecule has 3 rings (SSSR count). The van der Waals surface area contributed by atoms with E-state index < -0.39 is 0 Å². The first kappa shape index (κ1) is 27.6. The normalized spacial score (nSPS) is 11.3. The number of nitrogens with zero attached hydrogens (tertiary/aromatic N) is 4. The molecule has 0 aliphatic rings. The van der Waals surface area contributed by atoms with E-state index in [0.29, 0.717) is 18.8 Å². The highest BCUT2D eigenvalue weighted by atomic mass is 16.2. The zero-order valence-electron chi connectivity index (χ0n) is 22.3. The van der Waals surface area contributed by atoms with Crippen LogP contribution in [-0.4, -0.2) is 44.0 Å². The average Bonchev–Trinajstić information content (AvgIpc) is 3.19. The molecule has 0 aliphatic heterocycles. The van der Waals surface area contributed by atoms with E-state index in [1.165, 1.54) is 4.57 Å². The Morgan fingerprint density at radius 1 is 0.973 bits per heavy atom. The van der Waals surface area contributed by atoms with Crippen LogP contribution in [0.15, 0.2) is 47.7 Å². The minimum absolute atomic E-state index is 0.0161. The van der Waals surface area contributed by atoms with E-state index in [4.69, 9.17) is 0 Å². The minimum Gasteiger partial charge on any atom is -0.365 e. The molecule has 0 unspecified atom stereocenters. The smallest absolute Gasteiger partial charge is 0.293 e. The number of benzene rings is 1. The highest BCUT2D eigenvalue weighted by Crippen LogP contribution is 2.11. The van der Waals surface area contributed by atoms with Gasteiger partial charge in [-0.05, 0) is 31.2 Å². The molecule has 198 valence electrons. The van der Waals surface area contributed by atoms with E-state index in [2.05, 4.69) is 46.7 Å². The number of amides is 2. The van der Waals surface area contributed by atoms with Gasteiger partial charge in [0, 0.05) is 25.0 Å². The first-order valence-electron chi connectivity index (χ1n) is 12.4. The van der Waals surface area contributed by atoms with Gasteiger partial charge in [0.25, 0.3) is 5.56 Å². The van der Waals surface area contributed by atoms with Gasteiger partial charge in [-0.2, -0.15) is 0 Å². The fraction of sp³-hybridized carbons (Fsp3) is 0.444. The SMILES string of the molecule is Cc1ncn(CC(=O)NCC(C)(C)C)c1CNC(=O)Cn1c(C)cnc(NCCc2ccccc2)c1=O. The minimum atomic E-state index is -0.347. The van der Waals surface area contributed by atoms with Gasteiger partial charge in [-0.3, -0.25) is 19.0 Å². The number of rotatable bonds is 11. The van der Waals surface area contributed by atoms with Crippen LogP contribution in [0, 0.1) is 19.3 Å². The number of carbonyl (C=O) groups excluding carboxylic acids is 2. The van der Waals surface area contributed by atoms with Crippen molar-refractivity contribution in [1.29, 1.82) is 0 Å². The lowest BCUT2D eigenvalue weighted by Crippen LogP contribution is -2.36. The van der Waals surface area contributed by atoms with Gasteiger partial charge < -0.3 is 20.5 Å². The summed E-state index contributed by atoms with van der Waals surface area (Å²) < 4.78 is 3.13. The van der Waals surface area contributed by atoms with Crippen molar-refractivity contribution in [3.05, 3.63) is 75.9 Å². The fourth-order valence-corrected chi connectivity index (χ4v) is 3.69. The zero-order chi connectivity index (χ0) is 27.0. The third-order valence-corrected chi connectivity index (χ3v) is 5.84. The molecule has 10 heteroatoms. The number of aryl methyl sites for hydroxylation is 2. The van der Waals surface area contributed by atoms with Crippen LogP contribution in [0.25, 0.3) is 0 Å². The van der Waals surface area contributed by atoms with Gasteiger partial charge in [0.2, 0.25) is 11.8 Å². The lowest BCUT2D eigenvalue weighted by molar-refractivity contribution is -0.122. The quantitative estimate of drug-likeness (QED) is 0.366. The number of aromatic nitrogens is 4. The maximum absolute atomic E-state index is 13.0. The highest BCUT2D eigenvalue weighted by Gasteiger charge is 2.16. The lowest BCUT2D eigenvalue weighted by Gasteiger charge is -2.19. The van der Waals surface area contributed by atoms with E-state index in [0.717, 1.165) is 23.4 Å². The van der Waals surface area contributed by atoms with E-state index in [9.17, 15) is 14.4 Å². The van der Waals surface area contributed by atoms with Gasteiger partial charge in [0.15, 0.2) is 5.82 Å². The largest absolute Gasteiger partial charge is 0.365 e. The summed E-state index contributed by atoms with van der Waals surface area (Å²) >= 11 is 0. The number of hydrogen-bond donors (Lipinski definition) is 3. The number of hydrogen-bond acceptors (Lipinski definition) is 6. The zero-order valence-corrected chi connectivity index (χ0v) is 22.3. The molecule has 3 aromatic rings. The van der Waals surface area contributed by atoms with Gasteiger partial charge in [-0.25, -0.2) is 9.97 Å². The summed E-state index contributed by atoms with van der Waals surface area (Å²) in [5.74, 6) is -0.230. The third kappa shape index (κ3) is 8.30. The summed E-state index contributed by atoms with van der Waals surface area (Å²) in [5, 5.41) is 8.86. The monoisotopic (exact) mass is 507 g/mol. The Morgan fingerprint density at radius 2 is 1.68 bits per heavy atom. The van der Waals surface area contributed by atoms with Crippen LogP contribution in [0.4, 0.5) is 5.82 Å². The van der Waals surface area contributed by atoms with Crippen LogP contribution in [0.1, 0.15) is 43.4 Å². The predicted octanol–water partition coefficient (Wildman–Crippen LogP) is 2.19. The molecule has 0 saturated heterocycles. The van der Waals surface area contributed by atoms with Gasteiger partial charge in [0.1, 0.15) is 13.1 Å². The molecular weight excluding hydrogens is 470 g/mol. The maximum Gasteiger partial charge on any atom is 0.293 e. The van der Waals surface area contributed by atoms with E-state index >= 15 is 0 Å². The number of carbonyl (C=O) groups is 2. The molecule has 0 radical (unpaired) electrons. The van der Waals surface area contributed by atoms with Crippen LogP contribution in [0.5, 0.6) is 0 Å². The number of nitrogens with one attached hydrogen (secondary N) is 3. The van der Waals surface area contributed by atoms with Gasteiger partial charge in [-0.15, -0.1) is 0 Å². The summed E-state index contributed by atoms with van der Waals surface area (Å²) in [7, 11) is 0. The average molecular weight is 508 g/mol. The van der Waals surface area contributed by atoms with E-state index in [1.54, 1.807) is 24.0 Å². The fourth-order valence-electron chi connectivity index (χ4n) is 3.69. The predicted molar refractivity (Wildman–Crippen MR) is 143 cm³/mol. The van der Waals surface area contributed by atoms with Crippen molar-refractivity contribution in [2.45, 2.75) is 60.7 Å². The molecule has 3 N–H and O–H groups in total. The maximum atomic E-state index is 13.0. The van der Waals surface area contributed by atoms with Crippen molar-refractivity contribution >= 4 is 17.6 Å². The van der Waals surface area contributed by atoms with Crippen molar-refractivity contribution in [2.75, 3.05) is 18.4 Å². The topological polar surface area (TPSA) is 123 Å². The number of imidazole rings is 1. The Bertz CT molecular complexity index is 1270. The molecule has 2 amide bonds. The van der Waals surface area contributed by atoms with Crippen LogP contribution in [-0.2, 0) is 35.6 Å². The second-order valence-electron chi connectivity index (χ2n) is 10.3. The van der Waals surface area contributed by atoms with Gasteiger partial charge in [0.05, 0.1) is 24.3 Å². The molecule has 0 atom stereocenters. The van der Waals surface area contributed by atoms with Crippen molar-refractivity contribution in [1.82, 2.24) is 29.7 Å². The van der Waals surface area contributed by atoms with Crippen molar-refractivity contribution in [3.63, 3.8) is 0 Å². The lowest BCUT2D eigenvalue weighted by atomic mass is 9.97. The van der Waals surface area contributed by atoms with Crippen molar-refractivity contribution < 1.29 is 9.59 Å². The summed E-state index contributed by atoms with van der Waals surface area (Å²) in [6.07, 6.45) is 3.92. The Balaban J connectivity index is 1.58. The Hall–Kier alpha value is -3.95. The summed E-state index contributed by atoms with van der Waals surface area (Å²) in [4.78, 5) is 46.6. The first-order chi connectivity index (χ1) is 17.5. The third-order valence-electron chi connectivity index (χ3n) is 5.84. The van der Waals surface area contributed by atoms with E-state index in [1.807, 2.05) is 37.3 Å². The molecule has 0 spiro atoms. The van der Waals surface area contributed by atoms with Crippen LogP contribution in [0.2, 0.25) is 0 Å². The van der Waals surface area contributed by atoms with Crippen LogP contribution < -0.4 is 21.5 Å². The molecule has 0 fully saturated rings. The van der Waals surface area contributed by atoms with Crippen molar-refractivity contribution in [2.24, 2.45) is 5.41 Å². The second-order valence-corrected chi connectivity index (χ2v) is 10.3. The Morgan fingerprint density at radius 3 is 2.38 bits per heavy atom. The molecule has 0 saturated carbocycles. The molecule has 37 heavy (non-hydrogen) atoms. The summed E-state index contributed by atoms with van der Waals surface area (Å²) in [5.41, 5.74) is 2.85. The molecule has 10 nitrogen and oxygen atoms in total. The Labute approximate surface area is 217 Å². The standard InChI is InChI=1S/C27H37N7O3/c1-19-13-30-25(28-12-11-21-9-7-6-8-10-21)26(37)34(19)16-24(36)29-14-22-20(2)32-18-33(22)15-23(35)31-17-27(3,4)5/h6-10,13,18H,11-12,14-17H2,1-5H3,(H,28,30)(H,29,36)(H,31,35). The van der Waals surface area contributed by atoms with E-state index in [-0.39, 0.29) is 48.2 Å². The first-order valence-corrected chi connectivity index (χ1v) is 12.4. The van der Waals surface area contributed by atoms with Crippen LogP contribution in [0.3, 0.4) is 0 Å². The molecule has 0 aliphatic carbocycles. The van der Waals surface area contributed by atoms with Gasteiger partial charge in [-0.1, -0.05) is 51.1 Å². The van der Waals surface area contributed by atoms with Gasteiger partial charge >= 0.3 is 0 Å². The molecule has 0 bridgehead atoms.